The predicted molar refractivity (Wildman–Crippen MR) is 65.3 cm³/mol. The molecule has 0 bridgehead atoms. The van der Waals surface area contributed by atoms with Crippen LogP contribution in [0.15, 0.2) is 21.7 Å². The van der Waals surface area contributed by atoms with Gasteiger partial charge in [0.25, 0.3) is 0 Å². The van der Waals surface area contributed by atoms with Crippen LogP contribution in [0.2, 0.25) is 0 Å². The summed E-state index contributed by atoms with van der Waals surface area (Å²) in [6.07, 6.45) is 5.49. The molecule has 2 rings (SSSR count). The van der Waals surface area contributed by atoms with E-state index in [0.717, 1.165) is 6.04 Å². The quantitative estimate of drug-likeness (QED) is 0.792. The molecular weight excluding hydrogens is 210 g/mol. The molecule has 0 aliphatic carbocycles. The lowest BCUT2D eigenvalue weighted by molar-refractivity contribution is 0.395. The summed E-state index contributed by atoms with van der Waals surface area (Å²) >= 11 is 3.85. The van der Waals surface area contributed by atoms with E-state index >= 15 is 0 Å². The van der Waals surface area contributed by atoms with Crippen LogP contribution in [-0.4, -0.2) is 18.3 Å². The van der Waals surface area contributed by atoms with E-state index < -0.39 is 0 Å². The molecule has 0 spiro atoms. The highest BCUT2D eigenvalue weighted by molar-refractivity contribution is 8.01. The molecule has 1 fully saturated rings. The number of hydrogen-bond acceptors (Lipinski definition) is 3. The molecule has 1 saturated heterocycles. The van der Waals surface area contributed by atoms with Crippen molar-refractivity contribution in [1.82, 2.24) is 5.32 Å². The molecule has 0 aromatic carbocycles. The Balaban J connectivity index is 1.62. The average Bonchev–Trinajstić information content (AvgIpc) is 2.72. The minimum atomic E-state index is 0.788. The van der Waals surface area contributed by atoms with Gasteiger partial charge in [0.15, 0.2) is 0 Å². The maximum Gasteiger partial charge on any atom is 0.0598 e. The normalized spacial score (nSPS) is 22.4. The third kappa shape index (κ3) is 3.30. The van der Waals surface area contributed by atoms with Crippen LogP contribution in [-0.2, 0) is 0 Å². The highest BCUT2D eigenvalue weighted by Crippen LogP contribution is 2.25. The summed E-state index contributed by atoms with van der Waals surface area (Å²) in [6, 6.07) is 5.13. The van der Waals surface area contributed by atoms with E-state index in [-0.39, 0.29) is 0 Å². The van der Waals surface area contributed by atoms with E-state index in [0.29, 0.717) is 0 Å². The zero-order valence-electron chi connectivity index (χ0n) is 8.37. The first kappa shape index (κ1) is 10.5. The summed E-state index contributed by atoms with van der Waals surface area (Å²) in [5.74, 6) is 1.26. The minimum Gasteiger partial charge on any atom is -0.314 e. The maximum atomic E-state index is 3.59. The zero-order chi connectivity index (χ0) is 9.64. The summed E-state index contributed by atoms with van der Waals surface area (Å²) in [7, 11) is 0. The van der Waals surface area contributed by atoms with E-state index in [9.17, 15) is 0 Å². The highest BCUT2D eigenvalue weighted by Gasteiger charge is 2.11. The molecule has 1 unspecified atom stereocenters. The Hall–Kier alpha value is 0.01000. The van der Waals surface area contributed by atoms with Gasteiger partial charge in [0, 0.05) is 11.8 Å². The van der Waals surface area contributed by atoms with Crippen LogP contribution in [0.1, 0.15) is 25.7 Å². The predicted octanol–water partition coefficient (Wildman–Crippen LogP) is 3.37. The molecule has 1 N–H and O–H groups in total. The first-order valence-corrected chi connectivity index (χ1v) is 7.21. The SMILES string of the molecule is c1csc(SCCC2CCCCN2)c1. The molecule has 1 aromatic rings. The summed E-state index contributed by atoms with van der Waals surface area (Å²) in [5.41, 5.74) is 0. The van der Waals surface area contributed by atoms with Gasteiger partial charge in [0.2, 0.25) is 0 Å². The fourth-order valence-electron chi connectivity index (χ4n) is 1.82. The van der Waals surface area contributed by atoms with Crippen molar-refractivity contribution in [2.45, 2.75) is 35.9 Å². The van der Waals surface area contributed by atoms with Crippen molar-refractivity contribution < 1.29 is 0 Å². The first-order chi connectivity index (χ1) is 6.95. The largest absolute Gasteiger partial charge is 0.314 e. The number of thiophene rings is 1. The fraction of sp³-hybridized carbons (Fsp3) is 0.636. The Morgan fingerprint density at radius 3 is 3.21 bits per heavy atom. The van der Waals surface area contributed by atoms with Crippen molar-refractivity contribution in [2.24, 2.45) is 0 Å². The van der Waals surface area contributed by atoms with Gasteiger partial charge in [-0.25, -0.2) is 0 Å². The van der Waals surface area contributed by atoms with Crippen molar-refractivity contribution in [2.75, 3.05) is 12.3 Å². The van der Waals surface area contributed by atoms with E-state index in [1.54, 1.807) is 0 Å². The van der Waals surface area contributed by atoms with Crippen LogP contribution >= 0.6 is 23.1 Å². The zero-order valence-corrected chi connectivity index (χ0v) is 10.0. The van der Waals surface area contributed by atoms with E-state index in [1.807, 2.05) is 23.1 Å². The second-order valence-corrected chi connectivity index (χ2v) is 6.06. The van der Waals surface area contributed by atoms with Crippen molar-refractivity contribution in [3.8, 4) is 0 Å². The van der Waals surface area contributed by atoms with Gasteiger partial charge in [0.05, 0.1) is 4.21 Å². The van der Waals surface area contributed by atoms with Crippen LogP contribution in [0.5, 0.6) is 0 Å². The number of hydrogen-bond donors (Lipinski definition) is 1. The summed E-state index contributed by atoms with van der Waals surface area (Å²) in [6.45, 7) is 1.23. The minimum absolute atomic E-state index is 0.788. The molecule has 0 saturated carbocycles. The van der Waals surface area contributed by atoms with E-state index in [1.165, 1.54) is 42.2 Å². The lowest BCUT2D eigenvalue weighted by atomic mass is 10.0. The standard InChI is InChI=1S/C11H17NS2/c1-2-7-12-10(4-1)6-9-14-11-5-3-8-13-11/h3,5,8,10,12H,1-2,4,6-7,9H2. The van der Waals surface area contributed by atoms with Crippen LogP contribution in [0.4, 0.5) is 0 Å². The Bertz CT molecular complexity index is 240. The molecule has 2 heterocycles. The lowest BCUT2D eigenvalue weighted by Gasteiger charge is -2.22. The topological polar surface area (TPSA) is 12.0 Å². The molecule has 1 aliphatic rings. The van der Waals surface area contributed by atoms with Gasteiger partial charge in [-0.3, -0.25) is 0 Å². The first-order valence-electron chi connectivity index (χ1n) is 5.35. The number of piperidine rings is 1. The summed E-state index contributed by atoms with van der Waals surface area (Å²) in [4.78, 5) is 0. The van der Waals surface area contributed by atoms with Gasteiger partial charge < -0.3 is 5.32 Å². The lowest BCUT2D eigenvalue weighted by Crippen LogP contribution is -2.34. The molecule has 1 aromatic heterocycles. The third-order valence-corrected chi connectivity index (χ3v) is 4.78. The van der Waals surface area contributed by atoms with Crippen molar-refractivity contribution in [1.29, 1.82) is 0 Å². The maximum absolute atomic E-state index is 3.59. The number of thioether (sulfide) groups is 1. The smallest absolute Gasteiger partial charge is 0.0598 e. The molecule has 0 amide bonds. The second-order valence-electron chi connectivity index (χ2n) is 3.72. The monoisotopic (exact) mass is 227 g/mol. The van der Waals surface area contributed by atoms with Gasteiger partial charge in [0.1, 0.15) is 0 Å². The van der Waals surface area contributed by atoms with Crippen molar-refractivity contribution >= 4 is 23.1 Å². The summed E-state index contributed by atoms with van der Waals surface area (Å²) in [5, 5.41) is 5.74. The van der Waals surface area contributed by atoms with Crippen LogP contribution in [0.3, 0.4) is 0 Å². The third-order valence-electron chi connectivity index (χ3n) is 2.62. The highest BCUT2D eigenvalue weighted by atomic mass is 32.2. The van der Waals surface area contributed by atoms with Gasteiger partial charge >= 0.3 is 0 Å². The van der Waals surface area contributed by atoms with Gasteiger partial charge in [-0.15, -0.1) is 23.1 Å². The van der Waals surface area contributed by atoms with Crippen LogP contribution in [0, 0.1) is 0 Å². The average molecular weight is 227 g/mol. The molecule has 78 valence electrons. The van der Waals surface area contributed by atoms with E-state index in [2.05, 4.69) is 22.8 Å². The Morgan fingerprint density at radius 1 is 1.50 bits per heavy atom. The molecule has 1 atom stereocenters. The van der Waals surface area contributed by atoms with Gasteiger partial charge in [-0.2, -0.15) is 0 Å². The fourth-order valence-corrected chi connectivity index (χ4v) is 3.73. The molecular formula is C11H17NS2. The molecule has 1 nitrogen and oxygen atoms in total. The molecule has 14 heavy (non-hydrogen) atoms. The molecule has 3 heteroatoms. The Kier molecular flexibility index (Phi) is 4.35. The Morgan fingerprint density at radius 2 is 2.50 bits per heavy atom. The molecule has 0 radical (unpaired) electrons. The van der Waals surface area contributed by atoms with E-state index in [4.69, 9.17) is 0 Å². The second kappa shape index (κ2) is 5.79. The van der Waals surface area contributed by atoms with Crippen LogP contribution < -0.4 is 5.32 Å². The van der Waals surface area contributed by atoms with Gasteiger partial charge in [-0.1, -0.05) is 12.5 Å². The van der Waals surface area contributed by atoms with Crippen molar-refractivity contribution in [3.05, 3.63) is 17.5 Å². The van der Waals surface area contributed by atoms with Crippen molar-refractivity contribution in [3.63, 3.8) is 0 Å². The Labute approximate surface area is 94.3 Å². The number of rotatable bonds is 4. The number of nitrogens with one attached hydrogen (secondary N) is 1. The summed E-state index contributed by atoms with van der Waals surface area (Å²) < 4.78 is 1.46. The van der Waals surface area contributed by atoms with Gasteiger partial charge in [-0.05, 0) is 37.3 Å². The van der Waals surface area contributed by atoms with Crippen LogP contribution in [0.25, 0.3) is 0 Å². The molecule has 1 aliphatic heterocycles.